The number of carboxylic acids is 1. The number of carbonyl (C=O) groups is 3. The first kappa shape index (κ1) is 23.6. The van der Waals surface area contributed by atoms with Crippen LogP contribution in [0, 0.1) is 0 Å². The van der Waals surface area contributed by atoms with E-state index in [1.165, 1.54) is 12.1 Å². The number of hydrogen-bond acceptors (Lipinski definition) is 4. The maximum Gasteiger partial charge on any atom is 0.408 e. The second kappa shape index (κ2) is 11.0. The summed E-state index contributed by atoms with van der Waals surface area (Å²) in [6.07, 6.45) is 1.39. The van der Waals surface area contributed by atoms with E-state index in [0.717, 1.165) is 27.6 Å². The summed E-state index contributed by atoms with van der Waals surface area (Å²) in [5.41, 5.74) is 3.56. The number of alkyl carbamates (subject to hydrolysis) is 1. The van der Waals surface area contributed by atoms with Gasteiger partial charge in [0.15, 0.2) is 0 Å². The molecule has 1 aromatic heterocycles. The van der Waals surface area contributed by atoms with E-state index in [4.69, 9.17) is 9.84 Å². The number of carbonyl (C=O) groups excluding carboxylic acids is 2. The fourth-order valence-electron chi connectivity index (χ4n) is 3.71. The molecule has 0 radical (unpaired) electrons. The molecule has 8 nitrogen and oxygen atoms in total. The third kappa shape index (κ3) is 6.26. The van der Waals surface area contributed by atoms with E-state index >= 15 is 0 Å². The third-order valence-electron chi connectivity index (χ3n) is 5.59. The van der Waals surface area contributed by atoms with Crippen LogP contribution in [0.2, 0.25) is 0 Å². The number of ether oxygens (including phenoxy) is 1. The van der Waals surface area contributed by atoms with Gasteiger partial charge in [0.1, 0.15) is 12.6 Å². The van der Waals surface area contributed by atoms with Crippen molar-refractivity contribution in [2.45, 2.75) is 25.6 Å². The van der Waals surface area contributed by atoms with Crippen molar-refractivity contribution in [2.24, 2.45) is 0 Å². The maximum absolute atomic E-state index is 13.1. The summed E-state index contributed by atoms with van der Waals surface area (Å²) in [5.74, 6) is -1.40. The molecule has 35 heavy (non-hydrogen) atoms. The molecule has 1 heterocycles. The van der Waals surface area contributed by atoms with Gasteiger partial charge in [-0.3, -0.25) is 4.79 Å². The van der Waals surface area contributed by atoms with Gasteiger partial charge in [0, 0.05) is 30.1 Å². The minimum atomic E-state index is -1.02. The van der Waals surface area contributed by atoms with Gasteiger partial charge in [-0.1, -0.05) is 60.7 Å². The highest BCUT2D eigenvalue weighted by molar-refractivity contribution is 5.89. The predicted octanol–water partition coefficient (Wildman–Crippen LogP) is 4.02. The number of rotatable bonds is 9. The van der Waals surface area contributed by atoms with Crippen molar-refractivity contribution >= 4 is 28.9 Å². The number of benzene rings is 3. The van der Waals surface area contributed by atoms with E-state index in [-0.39, 0.29) is 31.0 Å². The lowest BCUT2D eigenvalue weighted by atomic mass is 10.0. The molecule has 0 aliphatic carbocycles. The fourth-order valence-corrected chi connectivity index (χ4v) is 3.71. The van der Waals surface area contributed by atoms with Gasteiger partial charge in [-0.05, 0) is 34.9 Å². The Morgan fingerprint density at radius 1 is 0.886 bits per heavy atom. The quantitative estimate of drug-likeness (QED) is 0.294. The number of amides is 2. The lowest BCUT2D eigenvalue weighted by molar-refractivity contribution is -0.123. The van der Waals surface area contributed by atoms with Crippen molar-refractivity contribution in [3.63, 3.8) is 0 Å². The molecule has 0 bridgehead atoms. The van der Waals surface area contributed by atoms with E-state index in [2.05, 4.69) is 15.6 Å². The Kier molecular flexibility index (Phi) is 7.42. The van der Waals surface area contributed by atoms with Crippen LogP contribution in [0.4, 0.5) is 4.79 Å². The second-order valence-electron chi connectivity index (χ2n) is 8.04. The Bertz CT molecular complexity index is 1320. The van der Waals surface area contributed by atoms with Gasteiger partial charge in [-0.2, -0.15) is 0 Å². The van der Waals surface area contributed by atoms with Crippen LogP contribution in [-0.2, 0) is 29.1 Å². The monoisotopic (exact) mass is 471 g/mol. The van der Waals surface area contributed by atoms with Crippen LogP contribution in [0.5, 0.6) is 0 Å². The summed E-state index contributed by atoms with van der Waals surface area (Å²) < 4.78 is 5.32. The highest BCUT2D eigenvalue weighted by Gasteiger charge is 2.23. The number of aromatic amines is 1. The highest BCUT2D eigenvalue weighted by atomic mass is 16.5. The first-order valence-electron chi connectivity index (χ1n) is 11.1. The molecular formula is C27H25N3O5. The van der Waals surface area contributed by atoms with Crippen LogP contribution in [-0.4, -0.2) is 34.1 Å². The van der Waals surface area contributed by atoms with Crippen molar-refractivity contribution in [1.29, 1.82) is 0 Å². The molecule has 3 aromatic carbocycles. The number of hydrogen-bond donors (Lipinski definition) is 4. The molecule has 4 N–H and O–H groups in total. The van der Waals surface area contributed by atoms with E-state index < -0.39 is 18.1 Å². The van der Waals surface area contributed by atoms with Crippen molar-refractivity contribution < 1.29 is 24.2 Å². The molecule has 0 fully saturated rings. The van der Waals surface area contributed by atoms with Crippen LogP contribution in [0.1, 0.15) is 27.0 Å². The predicted molar refractivity (Wildman–Crippen MR) is 131 cm³/mol. The molecule has 1 atom stereocenters. The summed E-state index contributed by atoms with van der Waals surface area (Å²) in [6.45, 7) is 0.272. The average Bonchev–Trinajstić information content (AvgIpc) is 3.29. The molecule has 4 aromatic rings. The minimum absolute atomic E-state index is 0.0873. The zero-order chi connectivity index (χ0) is 24.6. The normalized spacial score (nSPS) is 11.5. The molecular weight excluding hydrogens is 446 g/mol. The Hall–Kier alpha value is -4.59. The summed E-state index contributed by atoms with van der Waals surface area (Å²) >= 11 is 0. The number of para-hydroxylation sites is 1. The maximum atomic E-state index is 13.1. The topological polar surface area (TPSA) is 121 Å². The minimum Gasteiger partial charge on any atom is -0.478 e. The zero-order valence-electron chi connectivity index (χ0n) is 18.9. The van der Waals surface area contributed by atoms with Crippen molar-refractivity contribution in [1.82, 2.24) is 15.6 Å². The van der Waals surface area contributed by atoms with Crippen molar-refractivity contribution in [2.75, 3.05) is 0 Å². The van der Waals surface area contributed by atoms with Crippen molar-refractivity contribution in [3.05, 3.63) is 107 Å². The van der Waals surface area contributed by atoms with E-state index in [9.17, 15) is 14.4 Å². The number of aromatic carboxylic acids is 1. The average molecular weight is 472 g/mol. The highest BCUT2D eigenvalue weighted by Crippen LogP contribution is 2.19. The molecule has 0 aliphatic heterocycles. The van der Waals surface area contributed by atoms with E-state index in [1.807, 2.05) is 60.8 Å². The van der Waals surface area contributed by atoms with Crippen LogP contribution in [0.25, 0.3) is 10.9 Å². The Morgan fingerprint density at radius 3 is 2.34 bits per heavy atom. The molecule has 0 aliphatic rings. The molecule has 0 spiro atoms. The summed E-state index contributed by atoms with van der Waals surface area (Å²) in [4.78, 5) is 39.8. The molecule has 178 valence electrons. The standard InChI is InChI=1S/C27H25N3O5/c31-25(29-15-18-10-12-20(13-11-18)26(32)33)24(14-21-16-28-23-9-5-4-8-22(21)23)30-27(34)35-17-19-6-2-1-3-7-19/h1-13,16,24,28H,14-15,17H2,(H,29,31)(H,30,34)(H,32,33). The van der Waals surface area contributed by atoms with Crippen LogP contribution < -0.4 is 10.6 Å². The van der Waals surface area contributed by atoms with E-state index in [1.54, 1.807) is 12.1 Å². The van der Waals surface area contributed by atoms with Crippen LogP contribution in [0.3, 0.4) is 0 Å². The Labute approximate surface area is 201 Å². The molecule has 0 saturated carbocycles. The molecule has 4 rings (SSSR count). The number of nitrogens with one attached hydrogen (secondary N) is 3. The number of fused-ring (bicyclic) bond motifs is 1. The van der Waals surface area contributed by atoms with Gasteiger partial charge in [-0.15, -0.1) is 0 Å². The number of carboxylic acid groups (broad SMARTS) is 1. The lowest BCUT2D eigenvalue weighted by Crippen LogP contribution is -2.48. The van der Waals surface area contributed by atoms with Crippen LogP contribution in [0.15, 0.2) is 85.1 Å². The first-order valence-corrected chi connectivity index (χ1v) is 11.1. The Morgan fingerprint density at radius 2 is 1.60 bits per heavy atom. The summed E-state index contributed by atoms with van der Waals surface area (Å²) in [6, 6.07) is 22.4. The van der Waals surface area contributed by atoms with Gasteiger partial charge < -0.3 is 25.5 Å². The molecule has 1 unspecified atom stereocenters. The largest absolute Gasteiger partial charge is 0.478 e. The van der Waals surface area contributed by atoms with Gasteiger partial charge in [0.25, 0.3) is 0 Å². The van der Waals surface area contributed by atoms with Crippen molar-refractivity contribution in [3.8, 4) is 0 Å². The van der Waals surface area contributed by atoms with Gasteiger partial charge in [0.05, 0.1) is 5.56 Å². The zero-order valence-corrected chi connectivity index (χ0v) is 18.9. The number of H-pyrrole nitrogens is 1. The Balaban J connectivity index is 1.44. The molecule has 0 saturated heterocycles. The third-order valence-corrected chi connectivity index (χ3v) is 5.59. The lowest BCUT2D eigenvalue weighted by Gasteiger charge is -2.18. The van der Waals surface area contributed by atoms with Crippen LogP contribution >= 0.6 is 0 Å². The first-order chi connectivity index (χ1) is 17.0. The molecule has 2 amide bonds. The van der Waals surface area contributed by atoms with Gasteiger partial charge in [-0.25, -0.2) is 9.59 Å². The smallest absolute Gasteiger partial charge is 0.408 e. The SMILES string of the molecule is O=C(NC(Cc1c[nH]c2ccccc12)C(=O)NCc1ccc(C(=O)O)cc1)OCc1ccccc1. The van der Waals surface area contributed by atoms with E-state index in [0.29, 0.717) is 0 Å². The van der Waals surface area contributed by atoms with Gasteiger partial charge in [0.2, 0.25) is 5.91 Å². The fraction of sp³-hybridized carbons (Fsp3) is 0.148. The second-order valence-corrected chi connectivity index (χ2v) is 8.04. The summed E-state index contributed by atoms with van der Waals surface area (Å²) in [5, 5.41) is 15.5. The number of aromatic nitrogens is 1. The molecule has 8 heteroatoms. The summed E-state index contributed by atoms with van der Waals surface area (Å²) in [7, 11) is 0. The van der Waals surface area contributed by atoms with Gasteiger partial charge >= 0.3 is 12.1 Å².